The maximum absolute atomic E-state index is 10.6. The summed E-state index contributed by atoms with van der Waals surface area (Å²) in [5, 5.41) is 3.57. The van der Waals surface area contributed by atoms with Gasteiger partial charge in [-0.2, -0.15) is 0 Å². The van der Waals surface area contributed by atoms with Crippen LogP contribution in [0.3, 0.4) is 0 Å². The average molecular weight is 296 g/mol. The van der Waals surface area contributed by atoms with Crippen LogP contribution in [0, 0.1) is 0 Å². The van der Waals surface area contributed by atoms with Crippen molar-refractivity contribution < 1.29 is 9.53 Å². The van der Waals surface area contributed by atoms with Crippen LogP contribution in [0.5, 0.6) is 5.75 Å². The first-order valence-electron chi connectivity index (χ1n) is 6.03. The van der Waals surface area contributed by atoms with E-state index in [0.717, 1.165) is 29.8 Å². The fourth-order valence-electron chi connectivity index (χ4n) is 1.60. The number of nitrogens with zero attached hydrogens (tertiary/aromatic N) is 1. The summed E-state index contributed by atoms with van der Waals surface area (Å²) in [6.45, 7) is 2.52. The van der Waals surface area contributed by atoms with E-state index in [1.807, 2.05) is 5.38 Å². The molecule has 2 aromatic rings. The van der Waals surface area contributed by atoms with Crippen molar-refractivity contribution in [2.45, 2.75) is 26.4 Å². The Balaban J connectivity index is 1.99. The second-order valence-electron chi connectivity index (χ2n) is 4.08. The van der Waals surface area contributed by atoms with E-state index in [9.17, 15) is 4.79 Å². The van der Waals surface area contributed by atoms with Crippen LogP contribution in [-0.4, -0.2) is 11.3 Å². The van der Waals surface area contributed by atoms with E-state index in [0.29, 0.717) is 22.9 Å². The molecular formula is C14H14ClNO2S. The molecule has 1 aromatic heterocycles. The molecule has 0 bridgehead atoms. The van der Waals surface area contributed by atoms with Crippen molar-refractivity contribution >= 4 is 29.2 Å². The Morgan fingerprint density at radius 1 is 1.47 bits per heavy atom. The molecule has 0 aliphatic carbocycles. The normalized spacial score (nSPS) is 10.4. The van der Waals surface area contributed by atoms with E-state index >= 15 is 0 Å². The minimum Gasteiger partial charge on any atom is -0.486 e. The maximum atomic E-state index is 10.6. The second kappa shape index (κ2) is 6.68. The van der Waals surface area contributed by atoms with Crippen LogP contribution in [0.25, 0.3) is 0 Å². The van der Waals surface area contributed by atoms with Crippen LogP contribution >= 0.6 is 22.9 Å². The Bertz CT molecular complexity index is 568. The molecule has 1 aromatic carbocycles. The number of carbonyl (C=O) groups excluding carboxylic acids is 1. The zero-order valence-corrected chi connectivity index (χ0v) is 12.1. The summed E-state index contributed by atoms with van der Waals surface area (Å²) in [4.78, 5) is 15.1. The van der Waals surface area contributed by atoms with E-state index < -0.39 is 0 Å². The first-order chi connectivity index (χ1) is 9.22. The zero-order chi connectivity index (χ0) is 13.7. The molecule has 0 spiro atoms. The lowest BCUT2D eigenvalue weighted by Crippen LogP contribution is -1.97. The van der Waals surface area contributed by atoms with Gasteiger partial charge in [-0.25, -0.2) is 4.98 Å². The molecule has 0 radical (unpaired) electrons. The van der Waals surface area contributed by atoms with Gasteiger partial charge in [0.15, 0.2) is 0 Å². The monoisotopic (exact) mass is 295 g/mol. The molecule has 0 aliphatic heterocycles. The van der Waals surface area contributed by atoms with E-state index in [2.05, 4.69) is 11.9 Å². The van der Waals surface area contributed by atoms with Crippen molar-refractivity contribution in [3.63, 3.8) is 0 Å². The molecule has 0 aliphatic rings. The number of aromatic nitrogens is 1. The third-order valence-electron chi connectivity index (χ3n) is 2.53. The molecule has 2 rings (SSSR count). The highest BCUT2D eigenvalue weighted by atomic mass is 35.5. The van der Waals surface area contributed by atoms with Gasteiger partial charge in [0.25, 0.3) is 0 Å². The highest BCUT2D eigenvalue weighted by Gasteiger charge is 2.06. The van der Waals surface area contributed by atoms with E-state index in [1.54, 1.807) is 29.5 Å². The molecular weight excluding hydrogens is 282 g/mol. The van der Waals surface area contributed by atoms with E-state index in [4.69, 9.17) is 16.3 Å². The molecule has 0 atom stereocenters. The molecule has 0 unspecified atom stereocenters. The third kappa shape index (κ3) is 3.78. The van der Waals surface area contributed by atoms with Gasteiger partial charge < -0.3 is 4.74 Å². The summed E-state index contributed by atoms with van der Waals surface area (Å²) >= 11 is 7.68. The SMILES string of the molecule is CCCc1nc(COc2ccc(C=O)cc2Cl)cs1. The van der Waals surface area contributed by atoms with Crippen molar-refractivity contribution in [3.8, 4) is 5.75 Å². The Morgan fingerprint density at radius 2 is 2.32 bits per heavy atom. The van der Waals surface area contributed by atoms with Crippen molar-refractivity contribution in [1.82, 2.24) is 4.98 Å². The summed E-state index contributed by atoms with van der Waals surface area (Å²) in [6.07, 6.45) is 2.85. The van der Waals surface area contributed by atoms with Gasteiger partial charge in [0.2, 0.25) is 0 Å². The number of thiazole rings is 1. The van der Waals surface area contributed by atoms with Crippen molar-refractivity contribution in [3.05, 3.63) is 44.9 Å². The van der Waals surface area contributed by atoms with E-state index in [-0.39, 0.29) is 0 Å². The number of rotatable bonds is 6. The summed E-state index contributed by atoms with van der Waals surface area (Å²) in [7, 11) is 0. The number of benzene rings is 1. The Hall–Kier alpha value is -1.39. The predicted molar refractivity (Wildman–Crippen MR) is 77.3 cm³/mol. The summed E-state index contributed by atoms with van der Waals surface area (Å²) in [6, 6.07) is 4.97. The van der Waals surface area contributed by atoms with Gasteiger partial charge in [-0.15, -0.1) is 11.3 Å². The number of hydrogen-bond acceptors (Lipinski definition) is 4. The molecule has 100 valence electrons. The van der Waals surface area contributed by atoms with Gasteiger partial charge in [0.1, 0.15) is 18.6 Å². The molecule has 0 saturated heterocycles. The molecule has 0 N–H and O–H groups in total. The van der Waals surface area contributed by atoms with Crippen LogP contribution in [0.15, 0.2) is 23.6 Å². The fraction of sp³-hybridized carbons (Fsp3) is 0.286. The lowest BCUT2D eigenvalue weighted by atomic mass is 10.2. The topological polar surface area (TPSA) is 39.2 Å². The Labute approximate surface area is 121 Å². The first-order valence-corrected chi connectivity index (χ1v) is 7.29. The Kier molecular flexibility index (Phi) is 4.93. The highest BCUT2D eigenvalue weighted by Crippen LogP contribution is 2.26. The second-order valence-corrected chi connectivity index (χ2v) is 5.43. The van der Waals surface area contributed by atoms with Gasteiger partial charge in [0, 0.05) is 10.9 Å². The maximum Gasteiger partial charge on any atom is 0.150 e. The third-order valence-corrected chi connectivity index (χ3v) is 3.78. The van der Waals surface area contributed by atoms with Gasteiger partial charge in [-0.1, -0.05) is 18.5 Å². The summed E-state index contributed by atoms with van der Waals surface area (Å²) < 4.78 is 5.61. The zero-order valence-electron chi connectivity index (χ0n) is 10.6. The van der Waals surface area contributed by atoms with Gasteiger partial charge in [-0.05, 0) is 31.0 Å². The number of ether oxygens (including phenoxy) is 1. The highest BCUT2D eigenvalue weighted by molar-refractivity contribution is 7.09. The predicted octanol–water partition coefficient (Wildman–Crippen LogP) is 4.14. The van der Waals surface area contributed by atoms with Gasteiger partial charge >= 0.3 is 0 Å². The molecule has 0 fully saturated rings. The quantitative estimate of drug-likeness (QED) is 0.752. The van der Waals surface area contributed by atoms with Crippen LogP contribution < -0.4 is 4.74 Å². The fourth-order valence-corrected chi connectivity index (χ4v) is 2.73. The van der Waals surface area contributed by atoms with Crippen molar-refractivity contribution in [2.75, 3.05) is 0 Å². The first kappa shape index (κ1) is 14.0. The summed E-state index contributed by atoms with van der Waals surface area (Å²) in [5.41, 5.74) is 1.44. The van der Waals surface area contributed by atoms with Crippen LogP contribution in [0.4, 0.5) is 0 Å². The van der Waals surface area contributed by atoms with Crippen molar-refractivity contribution in [2.24, 2.45) is 0 Å². The van der Waals surface area contributed by atoms with Crippen LogP contribution in [-0.2, 0) is 13.0 Å². The molecule has 1 heterocycles. The molecule has 3 nitrogen and oxygen atoms in total. The summed E-state index contributed by atoms with van der Waals surface area (Å²) in [5.74, 6) is 0.567. The van der Waals surface area contributed by atoms with Crippen LogP contribution in [0.1, 0.15) is 34.4 Å². The largest absolute Gasteiger partial charge is 0.486 e. The average Bonchev–Trinajstić information content (AvgIpc) is 2.85. The smallest absolute Gasteiger partial charge is 0.150 e. The number of hydrogen-bond donors (Lipinski definition) is 0. The number of aryl methyl sites for hydroxylation is 1. The molecule has 0 saturated carbocycles. The van der Waals surface area contributed by atoms with Crippen molar-refractivity contribution in [1.29, 1.82) is 0 Å². The number of aldehydes is 1. The van der Waals surface area contributed by atoms with E-state index in [1.165, 1.54) is 0 Å². The van der Waals surface area contributed by atoms with Crippen LogP contribution in [0.2, 0.25) is 5.02 Å². The molecule has 19 heavy (non-hydrogen) atoms. The van der Waals surface area contributed by atoms with Gasteiger partial charge in [0.05, 0.1) is 15.7 Å². The lowest BCUT2D eigenvalue weighted by molar-refractivity contribution is 0.112. The minimum atomic E-state index is 0.389. The minimum absolute atomic E-state index is 0.389. The lowest BCUT2D eigenvalue weighted by Gasteiger charge is -2.06. The standard InChI is InChI=1S/C14H14ClNO2S/c1-2-3-14-16-11(9-19-14)8-18-13-5-4-10(7-17)6-12(13)15/h4-7,9H,2-3,8H2,1H3. The molecule has 5 heteroatoms. The molecule has 0 amide bonds. The Morgan fingerprint density at radius 3 is 3.00 bits per heavy atom. The number of carbonyl (C=O) groups is 1. The number of halogens is 1. The van der Waals surface area contributed by atoms with Gasteiger partial charge in [-0.3, -0.25) is 4.79 Å².